The average molecular weight is 631 g/mol. The van der Waals surface area contributed by atoms with E-state index in [0.717, 1.165) is 41.6 Å². The van der Waals surface area contributed by atoms with E-state index in [1.54, 1.807) is 51.1 Å². The molecule has 0 spiro atoms. The maximum absolute atomic E-state index is 13.7. The van der Waals surface area contributed by atoms with Crippen molar-refractivity contribution < 1.29 is 23.5 Å². The quantitative estimate of drug-likeness (QED) is 0.174. The number of pyridine rings is 1. The van der Waals surface area contributed by atoms with Gasteiger partial charge in [-0.05, 0) is 98.9 Å². The standard InChI is InChI=1S/C35H42N4O5S/c1-7-35(5,6)24-13-14-26-22(17-24)16-23-19-29(45-32(23)39-26)31(41)38-27(20-36-33(42)44-34(2,3)4)21-10-8-11-25(18-21)37-30(40)28-12-9-15-43-28/h8-12,15-16,18-19,24,27H,7,13-14,17,20H2,1-6H3,(H,36,42)(H,37,40)(H,38,41)/t24-,27+/m0/s1. The molecule has 1 aliphatic carbocycles. The molecule has 3 amide bonds. The summed E-state index contributed by atoms with van der Waals surface area (Å²) in [5, 5.41) is 9.64. The smallest absolute Gasteiger partial charge is 0.407 e. The highest BCUT2D eigenvalue weighted by molar-refractivity contribution is 7.20. The third-order valence-electron chi connectivity index (χ3n) is 8.56. The number of hydrogen-bond acceptors (Lipinski definition) is 7. The monoisotopic (exact) mass is 630 g/mol. The molecule has 0 radical (unpaired) electrons. The number of amides is 3. The lowest BCUT2D eigenvalue weighted by atomic mass is 9.69. The summed E-state index contributed by atoms with van der Waals surface area (Å²) in [7, 11) is 0. The van der Waals surface area contributed by atoms with Gasteiger partial charge in [0.1, 0.15) is 10.4 Å². The first-order chi connectivity index (χ1) is 21.3. The molecule has 1 aromatic carbocycles. The van der Waals surface area contributed by atoms with Crippen molar-refractivity contribution in [2.24, 2.45) is 11.3 Å². The van der Waals surface area contributed by atoms with Crippen LogP contribution in [0, 0.1) is 11.3 Å². The molecule has 238 valence electrons. The molecule has 0 aliphatic heterocycles. The van der Waals surface area contributed by atoms with Gasteiger partial charge in [0.15, 0.2) is 5.76 Å². The highest BCUT2D eigenvalue weighted by Crippen LogP contribution is 2.40. The van der Waals surface area contributed by atoms with Gasteiger partial charge in [-0.25, -0.2) is 9.78 Å². The van der Waals surface area contributed by atoms with Crippen molar-refractivity contribution in [3.63, 3.8) is 0 Å². The van der Waals surface area contributed by atoms with Gasteiger partial charge < -0.3 is 25.1 Å². The minimum atomic E-state index is -0.672. The Morgan fingerprint density at radius 3 is 2.58 bits per heavy atom. The Labute approximate surface area is 268 Å². The highest BCUT2D eigenvalue weighted by atomic mass is 32.1. The minimum Gasteiger partial charge on any atom is -0.459 e. The van der Waals surface area contributed by atoms with Crippen LogP contribution >= 0.6 is 11.3 Å². The third-order valence-corrected chi connectivity index (χ3v) is 9.60. The average Bonchev–Trinajstić information content (AvgIpc) is 3.67. The Morgan fingerprint density at radius 2 is 1.87 bits per heavy atom. The van der Waals surface area contributed by atoms with Crippen LogP contribution in [0.5, 0.6) is 0 Å². The maximum atomic E-state index is 13.7. The molecule has 0 fully saturated rings. The zero-order chi connectivity index (χ0) is 32.4. The topological polar surface area (TPSA) is 123 Å². The van der Waals surface area contributed by atoms with Crippen LogP contribution < -0.4 is 16.0 Å². The molecule has 0 unspecified atom stereocenters. The molecule has 1 aliphatic rings. The van der Waals surface area contributed by atoms with E-state index in [2.05, 4.69) is 42.8 Å². The summed E-state index contributed by atoms with van der Waals surface area (Å²) >= 11 is 1.37. The molecule has 0 saturated heterocycles. The van der Waals surface area contributed by atoms with Gasteiger partial charge in [0.05, 0.1) is 17.2 Å². The summed E-state index contributed by atoms with van der Waals surface area (Å²) in [5.74, 6) is 0.117. The first-order valence-corrected chi connectivity index (χ1v) is 16.3. The molecule has 9 nitrogen and oxygen atoms in total. The van der Waals surface area contributed by atoms with Crippen molar-refractivity contribution in [3.05, 3.63) is 82.3 Å². The first-order valence-electron chi connectivity index (χ1n) is 15.5. The Kier molecular flexibility index (Phi) is 9.34. The lowest BCUT2D eigenvalue weighted by molar-refractivity contribution is 0.0519. The number of ether oxygens (including phenoxy) is 1. The largest absolute Gasteiger partial charge is 0.459 e. The van der Waals surface area contributed by atoms with Crippen LogP contribution in [-0.4, -0.2) is 35.0 Å². The van der Waals surface area contributed by atoms with E-state index in [1.807, 2.05) is 12.1 Å². The first kappa shape index (κ1) is 32.2. The molecule has 0 bridgehead atoms. The number of aryl methyl sites for hydroxylation is 1. The Bertz CT molecular complexity index is 1690. The Hall–Kier alpha value is -4.18. The number of rotatable bonds is 9. The third kappa shape index (κ3) is 7.92. The van der Waals surface area contributed by atoms with Gasteiger partial charge in [0.2, 0.25) is 0 Å². The number of fused-ring (bicyclic) bond motifs is 2. The summed E-state index contributed by atoms with van der Waals surface area (Å²) in [6.07, 6.45) is 5.05. The van der Waals surface area contributed by atoms with Crippen molar-refractivity contribution in [3.8, 4) is 0 Å². The number of anilines is 1. The lowest BCUT2D eigenvalue weighted by Crippen LogP contribution is -2.40. The van der Waals surface area contributed by atoms with Gasteiger partial charge in [-0.15, -0.1) is 11.3 Å². The van der Waals surface area contributed by atoms with Crippen molar-refractivity contribution in [2.45, 2.75) is 78.9 Å². The number of alkyl carbamates (subject to hydrolysis) is 1. The molecular formula is C35H42N4O5S. The van der Waals surface area contributed by atoms with E-state index in [-0.39, 0.29) is 23.6 Å². The summed E-state index contributed by atoms with van der Waals surface area (Å²) in [4.78, 5) is 45.1. The number of benzene rings is 1. The maximum Gasteiger partial charge on any atom is 0.407 e. The number of furan rings is 1. The fraction of sp³-hybridized carbons (Fsp3) is 0.429. The second-order valence-electron chi connectivity index (χ2n) is 13.3. The molecule has 3 heterocycles. The van der Waals surface area contributed by atoms with Crippen molar-refractivity contribution in [1.82, 2.24) is 15.6 Å². The predicted octanol–water partition coefficient (Wildman–Crippen LogP) is 7.68. The van der Waals surface area contributed by atoms with E-state index in [4.69, 9.17) is 14.1 Å². The van der Waals surface area contributed by atoms with Crippen LogP contribution in [0.4, 0.5) is 10.5 Å². The second kappa shape index (κ2) is 13.0. The molecule has 0 saturated carbocycles. The van der Waals surface area contributed by atoms with Crippen LogP contribution in [0.3, 0.4) is 0 Å². The van der Waals surface area contributed by atoms with Gasteiger partial charge in [-0.3, -0.25) is 9.59 Å². The summed E-state index contributed by atoms with van der Waals surface area (Å²) in [5.41, 5.74) is 3.22. The Morgan fingerprint density at radius 1 is 1.07 bits per heavy atom. The molecule has 10 heteroatoms. The molecular weight excluding hydrogens is 588 g/mol. The number of carbonyl (C=O) groups excluding carboxylic acids is 3. The molecule has 3 aromatic heterocycles. The summed E-state index contributed by atoms with van der Waals surface area (Å²) in [6, 6.07) is 13.8. The zero-order valence-electron chi connectivity index (χ0n) is 26.8. The van der Waals surface area contributed by atoms with Crippen LogP contribution in [0.25, 0.3) is 10.2 Å². The van der Waals surface area contributed by atoms with Crippen molar-refractivity contribution in [2.75, 3.05) is 11.9 Å². The van der Waals surface area contributed by atoms with Crippen molar-refractivity contribution >= 4 is 45.1 Å². The minimum absolute atomic E-state index is 0.0717. The van der Waals surface area contributed by atoms with E-state index in [0.29, 0.717) is 22.0 Å². The normalized spacial score (nSPS) is 15.6. The second-order valence-corrected chi connectivity index (χ2v) is 14.4. The van der Waals surface area contributed by atoms with Crippen LogP contribution in [0.15, 0.2) is 59.2 Å². The van der Waals surface area contributed by atoms with Crippen molar-refractivity contribution in [1.29, 1.82) is 0 Å². The predicted molar refractivity (Wildman–Crippen MR) is 177 cm³/mol. The number of aromatic nitrogens is 1. The summed E-state index contributed by atoms with van der Waals surface area (Å²) in [6.45, 7) is 12.4. The van der Waals surface area contributed by atoms with Gasteiger partial charge in [-0.1, -0.05) is 39.3 Å². The fourth-order valence-corrected chi connectivity index (χ4v) is 6.54. The van der Waals surface area contributed by atoms with Gasteiger partial charge in [0.25, 0.3) is 11.8 Å². The van der Waals surface area contributed by atoms with E-state index < -0.39 is 23.6 Å². The number of carbonyl (C=O) groups is 3. The molecule has 4 aromatic rings. The lowest BCUT2D eigenvalue weighted by Gasteiger charge is -2.36. The van der Waals surface area contributed by atoms with Gasteiger partial charge in [-0.2, -0.15) is 0 Å². The van der Waals surface area contributed by atoms with E-state index >= 15 is 0 Å². The highest BCUT2D eigenvalue weighted by Gasteiger charge is 2.32. The molecule has 5 rings (SSSR count). The van der Waals surface area contributed by atoms with Crippen LogP contribution in [0.1, 0.15) is 97.5 Å². The number of nitrogens with zero attached hydrogens (tertiary/aromatic N) is 1. The molecule has 3 N–H and O–H groups in total. The van der Waals surface area contributed by atoms with Crippen LogP contribution in [0.2, 0.25) is 0 Å². The number of thiophene rings is 1. The van der Waals surface area contributed by atoms with Gasteiger partial charge >= 0.3 is 6.09 Å². The molecule has 2 atom stereocenters. The summed E-state index contributed by atoms with van der Waals surface area (Å²) < 4.78 is 10.6. The number of hydrogen-bond donors (Lipinski definition) is 3. The van der Waals surface area contributed by atoms with E-state index in [1.165, 1.54) is 23.2 Å². The Balaban J connectivity index is 1.36. The van der Waals surface area contributed by atoms with Crippen LogP contribution in [-0.2, 0) is 17.6 Å². The molecule has 45 heavy (non-hydrogen) atoms. The SMILES string of the molecule is CCC(C)(C)[C@H]1CCc2nc3sc(C(=O)N[C@H](CNC(=O)OC(C)(C)C)c4cccc(NC(=O)c5ccco5)c4)cc3cc2C1. The fourth-order valence-electron chi connectivity index (χ4n) is 5.61. The van der Waals surface area contributed by atoms with E-state index in [9.17, 15) is 14.4 Å². The zero-order valence-corrected chi connectivity index (χ0v) is 27.6. The number of nitrogens with one attached hydrogen (secondary N) is 3. The van der Waals surface area contributed by atoms with Gasteiger partial charge in [0, 0.05) is 23.3 Å².